The Morgan fingerprint density at radius 1 is 1.39 bits per heavy atom. The summed E-state index contributed by atoms with van der Waals surface area (Å²) >= 11 is 6.00. The normalized spacial score (nSPS) is 20.9. The second kappa shape index (κ2) is 7.79. The van der Waals surface area contributed by atoms with E-state index in [4.69, 9.17) is 16.3 Å². The van der Waals surface area contributed by atoms with Crippen molar-refractivity contribution >= 4 is 23.4 Å². The van der Waals surface area contributed by atoms with Crippen LogP contribution in [0.15, 0.2) is 24.3 Å². The van der Waals surface area contributed by atoms with E-state index >= 15 is 0 Å². The first kappa shape index (κ1) is 17.8. The predicted molar refractivity (Wildman–Crippen MR) is 89.4 cm³/mol. The van der Waals surface area contributed by atoms with E-state index in [1.54, 1.807) is 0 Å². The Hall–Kier alpha value is -1.59. The maximum Gasteiger partial charge on any atom is 0.246 e. The van der Waals surface area contributed by atoms with Gasteiger partial charge in [0.1, 0.15) is 12.6 Å². The number of halogens is 1. The molecule has 2 N–H and O–H groups in total. The van der Waals surface area contributed by atoms with Crippen LogP contribution in [0, 0.1) is 5.92 Å². The summed E-state index contributed by atoms with van der Waals surface area (Å²) in [6.45, 7) is 3.75. The van der Waals surface area contributed by atoms with E-state index in [-0.39, 0.29) is 30.4 Å². The van der Waals surface area contributed by atoms with E-state index in [1.165, 1.54) is 7.11 Å². The van der Waals surface area contributed by atoms with Crippen LogP contribution in [0.3, 0.4) is 0 Å². The summed E-state index contributed by atoms with van der Waals surface area (Å²) in [6.07, 6.45) is 0.892. The molecule has 1 saturated carbocycles. The summed E-state index contributed by atoms with van der Waals surface area (Å²) in [5.74, 6) is -0.151. The van der Waals surface area contributed by atoms with Gasteiger partial charge in [0, 0.05) is 24.1 Å². The van der Waals surface area contributed by atoms with Gasteiger partial charge in [0.15, 0.2) is 0 Å². The first-order valence-corrected chi connectivity index (χ1v) is 8.14. The summed E-state index contributed by atoms with van der Waals surface area (Å²) in [6, 6.07) is 7.24. The summed E-state index contributed by atoms with van der Waals surface area (Å²) in [5.41, 5.74) is 1.13. The van der Waals surface area contributed by atoms with E-state index in [9.17, 15) is 9.59 Å². The molecule has 6 heteroatoms. The predicted octanol–water partition coefficient (Wildman–Crippen LogP) is 2.10. The van der Waals surface area contributed by atoms with Gasteiger partial charge in [-0.25, -0.2) is 0 Å². The summed E-state index contributed by atoms with van der Waals surface area (Å²) in [7, 11) is 1.45. The highest BCUT2D eigenvalue weighted by Crippen LogP contribution is 2.41. The maximum atomic E-state index is 12.4. The van der Waals surface area contributed by atoms with Crippen LogP contribution in [0.5, 0.6) is 0 Å². The quantitative estimate of drug-likeness (QED) is 0.800. The SMILES string of the molecule is COCC(=O)N[C@H](C(=O)N[C@@H]1C[C@H]1c1cccc(Cl)c1)C(C)C. The first-order chi connectivity index (χ1) is 10.9. The number of hydrogen-bond acceptors (Lipinski definition) is 3. The van der Waals surface area contributed by atoms with Crippen LogP contribution >= 0.6 is 11.6 Å². The average Bonchev–Trinajstić information content (AvgIpc) is 3.24. The van der Waals surface area contributed by atoms with Gasteiger partial charge in [-0.3, -0.25) is 9.59 Å². The van der Waals surface area contributed by atoms with Crippen molar-refractivity contribution in [2.24, 2.45) is 5.92 Å². The molecular formula is C17H23ClN2O3. The minimum absolute atomic E-state index is 0.000763. The molecule has 1 aromatic carbocycles. The van der Waals surface area contributed by atoms with Gasteiger partial charge in [0.2, 0.25) is 11.8 Å². The van der Waals surface area contributed by atoms with Crippen LogP contribution < -0.4 is 10.6 Å². The van der Waals surface area contributed by atoms with Crippen LogP contribution in [0.4, 0.5) is 0 Å². The minimum atomic E-state index is -0.557. The Kier molecular flexibility index (Phi) is 6.02. The third-order valence-corrected chi connectivity index (χ3v) is 4.17. The summed E-state index contributed by atoms with van der Waals surface area (Å²) in [4.78, 5) is 24.1. The monoisotopic (exact) mass is 338 g/mol. The number of carbonyl (C=O) groups excluding carboxylic acids is 2. The third-order valence-electron chi connectivity index (χ3n) is 3.94. The largest absolute Gasteiger partial charge is 0.375 e. The molecule has 0 radical (unpaired) electrons. The molecule has 1 fully saturated rings. The van der Waals surface area contributed by atoms with Gasteiger partial charge < -0.3 is 15.4 Å². The number of rotatable bonds is 7. The molecule has 2 rings (SSSR count). The second-order valence-corrected chi connectivity index (χ2v) is 6.67. The number of nitrogens with one attached hydrogen (secondary N) is 2. The van der Waals surface area contributed by atoms with E-state index in [0.29, 0.717) is 10.9 Å². The molecule has 2 amide bonds. The Morgan fingerprint density at radius 3 is 2.74 bits per heavy atom. The highest BCUT2D eigenvalue weighted by atomic mass is 35.5. The zero-order valence-corrected chi connectivity index (χ0v) is 14.4. The summed E-state index contributed by atoms with van der Waals surface area (Å²) in [5, 5.41) is 6.43. The van der Waals surface area contributed by atoms with Crippen molar-refractivity contribution in [3.05, 3.63) is 34.9 Å². The van der Waals surface area contributed by atoms with Crippen molar-refractivity contribution < 1.29 is 14.3 Å². The average molecular weight is 339 g/mol. The van der Waals surface area contributed by atoms with E-state index < -0.39 is 6.04 Å². The molecule has 0 aliphatic heterocycles. The van der Waals surface area contributed by atoms with Crippen LogP contribution in [-0.2, 0) is 14.3 Å². The van der Waals surface area contributed by atoms with Gasteiger partial charge in [-0.05, 0) is 30.0 Å². The Labute approximate surface area is 141 Å². The fourth-order valence-corrected chi connectivity index (χ4v) is 2.81. The minimum Gasteiger partial charge on any atom is -0.375 e. The zero-order chi connectivity index (χ0) is 17.0. The molecule has 0 saturated heterocycles. The lowest BCUT2D eigenvalue weighted by atomic mass is 10.0. The number of carbonyl (C=O) groups is 2. The van der Waals surface area contributed by atoms with Crippen LogP contribution in [0.1, 0.15) is 31.7 Å². The number of benzene rings is 1. The topological polar surface area (TPSA) is 67.4 Å². The number of methoxy groups -OCH3 is 1. The number of ether oxygens (including phenoxy) is 1. The molecule has 0 spiro atoms. The first-order valence-electron chi connectivity index (χ1n) is 7.76. The Bertz CT molecular complexity index is 577. The van der Waals surface area contributed by atoms with Gasteiger partial charge in [0.05, 0.1) is 0 Å². The molecule has 0 bridgehead atoms. The molecule has 1 aliphatic carbocycles. The van der Waals surface area contributed by atoms with Gasteiger partial charge in [0.25, 0.3) is 0 Å². The molecule has 1 aromatic rings. The van der Waals surface area contributed by atoms with Gasteiger partial charge in [-0.15, -0.1) is 0 Å². The number of hydrogen-bond donors (Lipinski definition) is 2. The van der Waals surface area contributed by atoms with Crippen molar-refractivity contribution in [3.8, 4) is 0 Å². The third kappa shape index (κ3) is 4.94. The van der Waals surface area contributed by atoms with Crippen molar-refractivity contribution in [3.63, 3.8) is 0 Å². The van der Waals surface area contributed by atoms with E-state index in [0.717, 1.165) is 12.0 Å². The Balaban J connectivity index is 1.91. The Morgan fingerprint density at radius 2 is 2.13 bits per heavy atom. The standard InChI is InChI=1S/C17H23ClN2O3/c1-10(2)16(20-15(21)9-23-3)17(22)19-14-8-13(14)11-5-4-6-12(18)7-11/h4-7,10,13-14,16H,8-9H2,1-3H3,(H,19,22)(H,20,21)/t13-,14+,16-/m0/s1. The lowest BCUT2D eigenvalue weighted by Crippen LogP contribution is -2.51. The molecule has 126 valence electrons. The van der Waals surface area contributed by atoms with E-state index in [2.05, 4.69) is 10.6 Å². The van der Waals surface area contributed by atoms with Crippen LogP contribution in [-0.4, -0.2) is 37.6 Å². The van der Waals surface area contributed by atoms with E-state index in [1.807, 2.05) is 38.1 Å². The molecule has 1 aliphatic rings. The van der Waals surface area contributed by atoms with Gasteiger partial charge >= 0.3 is 0 Å². The fourth-order valence-electron chi connectivity index (χ4n) is 2.61. The van der Waals surface area contributed by atoms with Crippen molar-refractivity contribution in [1.29, 1.82) is 0 Å². The van der Waals surface area contributed by atoms with Gasteiger partial charge in [-0.1, -0.05) is 37.6 Å². The van der Waals surface area contributed by atoms with Crippen LogP contribution in [0.2, 0.25) is 5.02 Å². The fraction of sp³-hybridized carbons (Fsp3) is 0.529. The zero-order valence-electron chi connectivity index (χ0n) is 13.6. The molecule has 23 heavy (non-hydrogen) atoms. The van der Waals surface area contributed by atoms with Crippen molar-refractivity contribution in [1.82, 2.24) is 10.6 Å². The highest BCUT2D eigenvalue weighted by molar-refractivity contribution is 6.30. The number of amides is 2. The van der Waals surface area contributed by atoms with Crippen molar-refractivity contribution in [2.75, 3.05) is 13.7 Å². The molecule has 5 nitrogen and oxygen atoms in total. The summed E-state index contributed by atoms with van der Waals surface area (Å²) < 4.78 is 4.79. The second-order valence-electron chi connectivity index (χ2n) is 6.23. The lowest BCUT2D eigenvalue weighted by molar-refractivity contribution is -0.132. The molecular weight excluding hydrogens is 316 g/mol. The van der Waals surface area contributed by atoms with Gasteiger partial charge in [-0.2, -0.15) is 0 Å². The maximum absolute atomic E-state index is 12.4. The smallest absolute Gasteiger partial charge is 0.246 e. The molecule has 0 unspecified atom stereocenters. The molecule has 0 aromatic heterocycles. The van der Waals surface area contributed by atoms with Crippen LogP contribution in [0.25, 0.3) is 0 Å². The highest BCUT2D eigenvalue weighted by Gasteiger charge is 2.41. The lowest BCUT2D eigenvalue weighted by Gasteiger charge is -2.21. The van der Waals surface area contributed by atoms with Crippen molar-refractivity contribution in [2.45, 2.75) is 38.3 Å². The molecule has 3 atom stereocenters. The molecule has 0 heterocycles.